The van der Waals surface area contributed by atoms with E-state index in [-0.39, 0.29) is 11.9 Å². The van der Waals surface area contributed by atoms with Crippen molar-refractivity contribution in [3.8, 4) is 0 Å². The standard InChI is InChI=1S/C11H11FO/c12-10-5-3-4-9(8-10)11-6-1-2-7-13-11/h3-5,8,11H,1,6-7H2. The number of rotatable bonds is 1. The largest absolute Gasteiger partial charge is 0.373 e. The zero-order valence-corrected chi connectivity index (χ0v) is 7.29. The molecule has 2 heteroatoms. The van der Waals surface area contributed by atoms with Crippen molar-refractivity contribution in [2.75, 3.05) is 6.61 Å². The second-order valence-electron chi connectivity index (χ2n) is 3.14. The maximum atomic E-state index is 12.9. The Bertz CT molecular complexity index is 279. The van der Waals surface area contributed by atoms with Crippen molar-refractivity contribution < 1.29 is 9.13 Å². The van der Waals surface area contributed by atoms with Crippen LogP contribution in [0.1, 0.15) is 24.5 Å². The second-order valence-corrected chi connectivity index (χ2v) is 3.14. The quantitative estimate of drug-likeness (QED) is 0.642. The van der Waals surface area contributed by atoms with E-state index in [0.29, 0.717) is 6.61 Å². The van der Waals surface area contributed by atoms with Gasteiger partial charge in [0.1, 0.15) is 5.82 Å². The van der Waals surface area contributed by atoms with Gasteiger partial charge in [-0.05, 0) is 30.5 Å². The van der Waals surface area contributed by atoms with Crippen LogP contribution < -0.4 is 0 Å². The summed E-state index contributed by atoms with van der Waals surface area (Å²) in [5, 5.41) is 0. The predicted molar refractivity (Wildman–Crippen MR) is 47.6 cm³/mol. The fraction of sp³-hybridized carbons (Fsp3) is 0.364. The lowest BCUT2D eigenvalue weighted by molar-refractivity contribution is 0.0390. The average molecular weight is 178 g/mol. The first-order valence-corrected chi connectivity index (χ1v) is 4.44. The first kappa shape index (κ1) is 8.70. The van der Waals surface area contributed by atoms with E-state index in [2.05, 4.69) is 6.42 Å². The highest BCUT2D eigenvalue weighted by Crippen LogP contribution is 2.27. The molecular weight excluding hydrogens is 167 g/mol. The molecule has 0 saturated carbocycles. The monoisotopic (exact) mass is 178 g/mol. The molecule has 1 heterocycles. The van der Waals surface area contributed by atoms with Gasteiger partial charge in [-0.1, -0.05) is 12.1 Å². The second kappa shape index (κ2) is 3.88. The van der Waals surface area contributed by atoms with Gasteiger partial charge in [-0.15, -0.1) is 0 Å². The van der Waals surface area contributed by atoms with E-state index in [1.54, 1.807) is 6.07 Å². The van der Waals surface area contributed by atoms with Gasteiger partial charge in [0, 0.05) is 6.42 Å². The van der Waals surface area contributed by atoms with Gasteiger partial charge in [0.05, 0.1) is 12.7 Å². The Labute approximate surface area is 77.5 Å². The van der Waals surface area contributed by atoms with Gasteiger partial charge in [0.25, 0.3) is 0 Å². The summed E-state index contributed by atoms with van der Waals surface area (Å²) in [6.07, 6.45) is 4.97. The molecule has 1 atom stereocenters. The smallest absolute Gasteiger partial charge is 0.123 e. The van der Waals surface area contributed by atoms with Crippen LogP contribution in [0.2, 0.25) is 0 Å². The van der Waals surface area contributed by atoms with E-state index in [0.717, 1.165) is 18.4 Å². The zero-order valence-electron chi connectivity index (χ0n) is 7.29. The Morgan fingerprint density at radius 3 is 3.08 bits per heavy atom. The molecular formula is C11H11FO. The third-order valence-corrected chi connectivity index (χ3v) is 2.19. The maximum Gasteiger partial charge on any atom is 0.123 e. The first-order chi connectivity index (χ1) is 6.36. The highest BCUT2D eigenvalue weighted by Gasteiger charge is 2.16. The average Bonchev–Trinajstić information content (AvgIpc) is 2.19. The Kier molecular flexibility index (Phi) is 2.60. The van der Waals surface area contributed by atoms with Crippen molar-refractivity contribution in [3.63, 3.8) is 0 Å². The summed E-state index contributed by atoms with van der Waals surface area (Å²) in [4.78, 5) is 0. The van der Waals surface area contributed by atoms with Gasteiger partial charge in [-0.25, -0.2) is 4.39 Å². The fourth-order valence-electron chi connectivity index (χ4n) is 1.52. The highest BCUT2D eigenvalue weighted by atomic mass is 19.1. The lowest BCUT2D eigenvalue weighted by atomic mass is 10.0. The molecule has 1 aromatic rings. The Morgan fingerprint density at radius 2 is 2.38 bits per heavy atom. The van der Waals surface area contributed by atoms with Crippen LogP contribution in [0.25, 0.3) is 0 Å². The Hall–Kier alpha value is -0.890. The Balaban J connectivity index is 2.14. The molecule has 1 nitrogen and oxygen atoms in total. The van der Waals surface area contributed by atoms with Crippen LogP contribution in [-0.4, -0.2) is 6.61 Å². The van der Waals surface area contributed by atoms with Gasteiger partial charge in [0.15, 0.2) is 0 Å². The molecule has 0 bridgehead atoms. The van der Waals surface area contributed by atoms with Gasteiger partial charge in [-0.3, -0.25) is 0 Å². The van der Waals surface area contributed by atoms with Crippen LogP contribution in [-0.2, 0) is 4.74 Å². The molecule has 1 fully saturated rings. The number of hydrogen-bond acceptors (Lipinski definition) is 1. The normalized spacial score (nSPS) is 23.0. The lowest BCUT2D eigenvalue weighted by Crippen LogP contribution is -2.11. The molecule has 1 aliphatic rings. The van der Waals surface area contributed by atoms with Gasteiger partial charge in [-0.2, -0.15) is 0 Å². The minimum atomic E-state index is -0.195. The molecule has 0 spiro atoms. The molecule has 2 rings (SSSR count). The number of halogens is 1. The minimum absolute atomic E-state index is 0.0527. The molecule has 0 N–H and O–H groups in total. The van der Waals surface area contributed by atoms with Crippen LogP contribution in [0.3, 0.4) is 0 Å². The molecule has 1 aromatic carbocycles. The molecule has 68 valence electrons. The number of hydrogen-bond donors (Lipinski definition) is 0. The highest BCUT2D eigenvalue weighted by molar-refractivity contribution is 5.19. The predicted octanol–water partition coefficient (Wildman–Crippen LogP) is 2.76. The third-order valence-electron chi connectivity index (χ3n) is 2.19. The van der Waals surface area contributed by atoms with Gasteiger partial charge in [0.2, 0.25) is 0 Å². The van der Waals surface area contributed by atoms with Crippen LogP contribution >= 0.6 is 0 Å². The van der Waals surface area contributed by atoms with Crippen molar-refractivity contribution >= 4 is 0 Å². The lowest BCUT2D eigenvalue weighted by Gasteiger charge is -2.22. The van der Waals surface area contributed by atoms with Crippen molar-refractivity contribution in [2.24, 2.45) is 0 Å². The molecule has 0 aromatic heterocycles. The summed E-state index contributed by atoms with van der Waals surface area (Å²) in [5.74, 6) is -0.195. The van der Waals surface area contributed by atoms with Crippen LogP contribution in [0.15, 0.2) is 24.3 Å². The van der Waals surface area contributed by atoms with Crippen LogP contribution in [0, 0.1) is 12.2 Å². The van der Waals surface area contributed by atoms with Crippen LogP contribution in [0.4, 0.5) is 4.39 Å². The summed E-state index contributed by atoms with van der Waals surface area (Å²) < 4.78 is 18.3. The molecule has 0 aliphatic carbocycles. The van der Waals surface area contributed by atoms with E-state index in [4.69, 9.17) is 4.74 Å². The van der Waals surface area contributed by atoms with Crippen molar-refractivity contribution in [1.29, 1.82) is 0 Å². The molecule has 1 unspecified atom stereocenters. The molecule has 1 saturated heterocycles. The van der Waals surface area contributed by atoms with Gasteiger partial charge >= 0.3 is 0 Å². The summed E-state index contributed by atoms with van der Waals surface area (Å²) in [7, 11) is 0. The summed E-state index contributed by atoms with van der Waals surface area (Å²) in [6, 6.07) is 6.61. The fourth-order valence-corrected chi connectivity index (χ4v) is 1.52. The zero-order chi connectivity index (χ0) is 9.10. The van der Waals surface area contributed by atoms with E-state index in [1.807, 2.05) is 6.07 Å². The van der Waals surface area contributed by atoms with E-state index >= 15 is 0 Å². The number of ether oxygens (including phenoxy) is 1. The summed E-state index contributed by atoms with van der Waals surface area (Å²) in [6.45, 7) is 0.557. The van der Waals surface area contributed by atoms with E-state index < -0.39 is 0 Å². The number of benzene rings is 1. The molecule has 0 amide bonds. The van der Waals surface area contributed by atoms with E-state index in [1.165, 1.54) is 12.1 Å². The Morgan fingerprint density at radius 1 is 1.46 bits per heavy atom. The van der Waals surface area contributed by atoms with E-state index in [9.17, 15) is 4.39 Å². The summed E-state index contributed by atoms with van der Waals surface area (Å²) in [5.41, 5.74) is 0.932. The minimum Gasteiger partial charge on any atom is -0.373 e. The van der Waals surface area contributed by atoms with Crippen LogP contribution in [0.5, 0.6) is 0 Å². The molecule has 13 heavy (non-hydrogen) atoms. The van der Waals surface area contributed by atoms with Crippen molar-refractivity contribution in [1.82, 2.24) is 0 Å². The van der Waals surface area contributed by atoms with Gasteiger partial charge < -0.3 is 4.74 Å². The SMILES string of the molecule is Fc1cccc(C2CC[C]CO2)c1. The van der Waals surface area contributed by atoms with Crippen molar-refractivity contribution in [3.05, 3.63) is 42.1 Å². The van der Waals surface area contributed by atoms with Crippen molar-refractivity contribution in [2.45, 2.75) is 18.9 Å². The maximum absolute atomic E-state index is 12.9. The summed E-state index contributed by atoms with van der Waals surface area (Å²) >= 11 is 0. The molecule has 2 radical (unpaired) electrons. The first-order valence-electron chi connectivity index (χ1n) is 4.44. The molecule has 1 aliphatic heterocycles. The topological polar surface area (TPSA) is 9.23 Å². The third kappa shape index (κ3) is 2.07.